The zero-order valence-corrected chi connectivity index (χ0v) is 7.86. The first-order valence-electron chi connectivity index (χ1n) is 4.46. The summed E-state index contributed by atoms with van der Waals surface area (Å²) < 4.78 is 5.32. The van der Waals surface area contributed by atoms with E-state index < -0.39 is 0 Å². The van der Waals surface area contributed by atoms with E-state index in [1.54, 1.807) is 0 Å². The maximum Gasteiger partial charge on any atom is 0.119 e. The van der Waals surface area contributed by atoms with Gasteiger partial charge in [-0.3, -0.25) is 0 Å². The molecule has 0 atom stereocenters. The number of hydrogen-bond acceptors (Lipinski definition) is 2. The van der Waals surface area contributed by atoms with Crippen molar-refractivity contribution >= 4 is 6.08 Å². The fourth-order valence-corrected chi connectivity index (χ4v) is 1.05. The van der Waals surface area contributed by atoms with Crippen LogP contribution < -0.4 is 10.5 Å². The van der Waals surface area contributed by atoms with Gasteiger partial charge in [-0.05, 0) is 24.6 Å². The van der Waals surface area contributed by atoms with Gasteiger partial charge in [-0.15, -0.1) is 0 Å². The maximum atomic E-state index is 5.34. The number of rotatable bonds is 4. The van der Waals surface area contributed by atoms with Crippen molar-refractivity contribution in [2.24, 2.45) is 5.73 Å². The highest BCUT2D eigenvalue weighted by atomic mass is 16.5. The molecule has 0 saturated carbocycles. The minimum Gasteiger partial charge on any atom is -0.494 e. The third kappa shape index (κ3) is 3.30. The second kappa shape index (κ2) is 5.38. The van der Waals surface area contributed by atoms with Crippen LogP contribution in [0.15, 0.2) is 30.3 Å². The Kier molecular flexibility index (Phi) is 4.06. The second-order valence-electron chi connectivity index (χ2n) is 2.64. The lowest BCUT2D eigenvalue weighted by Gasteiger charge is -2.01. The molecular weight excluding hydrogens is 162 g/mol. The number of ether oxygens (including phenoxy) is 1. The molecule has 0 amide bonds. The van der Waals surface area contributed by atoms with E-state index in [1.165, 1.54) is 0 Å². The zero-order valence-electron chi connectivity index (χ0n) is 7.86. The molecule has 2 heteroatoms. The summed E-state index contributed by atoms with van der Waals surface area (Å²) in [6.07, 6.45) is 3.92. The Bertz CT molecular complexity index is 264. The molecule has 0 aliphatic heterocycles. The first-order valence-corrected chi connectivity index (χ1v) is 4.46. The SMILES string of the molecule is CCOc1ccc(/C=C\CN)cc1. The minimum atomic E-state index is 0.577. The molecule has 2 nitrogen and oxygen atoms in total. The summed E-state index contributed by atoms with van der Waals surface area (Å²) in [4.78, 5) is 0. The summed E-state index contributed by atoms with van der Waals surface area (Å²) >= 11 is 0. The van der Waals surface area contributed by atoms with E-state index in [9.17, 15) is 0 Å². The Morgan fingerprint density at radius 1 is 1.31 bits per heavy atom. The van der Waals surface area contributed by atoms with Crippen LogP contribution in [0.4, 0.5) is 0 Å². The molecule has 0 saturated heterocycles. The van der Waals surface area contributed by atoms with E-state index in [0.717, 1.165) is 11.3 Å². The highest BCUT2D eigenvalue weighted by molar-refractivity contribution is 5.50. The van der Waals surface area contributed by atoms with Crippen LogP contribution in [0.1, 0.15) is 12.5 Å². The van der Waals surface area contributed by atoms with Gasteiger partial charge in [-0.1, -0.05) is 24.3 Å². The van der Waals surface area contributed by atoms with Crippen molar-refractivity contribution in [2.75, 3.05) is 13.2 Å². The van der Waals surface area contributed by atoms with Crippen LogP contribution in [-0.2, 0) is 0 Å². The van der Waals surface area contributed by atoms with Crippen LogP contribution in [0, 0.1) is 0 Å². The average Bonchev–Trinajstić information content (AvgIpc) is 2.17. The molecule has 0 spiro atoms. The molecule has 0 aliphatic rings. The molecule has 0 radical (unpaired) electrons. The van der Waals surface area contributed by atoms with Crippen molar-refractivity contribution in [3.05, 3.63) is 35.9 Å². The van der Waals surface area contributed by atoms with E-state index in [4.69, 9.17) is 10.5 Å². The molecule has 1 rings (SSSR count). The van der Waals surface area contributed by atoms with Gasteiger partial charge in [0.15, 0.2) is 0 Å². The summed E-state index contributed by atoms with van der Waals surface area (Å²) in [5.41, 5.74) is 6.49. The van der Waals surface area contributed by atoms with Gasteiger partial charge in [0.1, 0.15) is 5.75 Å². The van der Waals surface area contributed by atoms with Crippen LogP contribution in [0.25, 0.3) is 6.08 Å². The molecule has 1 aromatic rings. The molecule has 0 heterocycles. The first kappa shape index (κ1) is 9.81. The lowest BCUT2D eigenvalue weighted by atomic mass is 10.2. The fraction of sp³-hybridized carbons (Fsp3) is 0.273. The summed E-state index contributed by atoms with van der Waals surface area (Å²) in [6, 6.07) is 7.94. The highest BCUT2D eigenvalue weighted by Gasteiger charge is 1.90. The summed E-state index contributed by atoms with van der Waals surface area (Å²) in [7, 11) is 0. The van der Waals surface area contributed by atoms with Crippen LogP contribution in [0.3, 0.4) is 0 Å². The number of nitrogens with two attached hydrogens (primary N) is 1. The molecule has 2 N–H and O–H groups in total. The maximum absolute atomic E-state index is 5.34. The summed E-state index contributed by atoms with van der Waals surface area (Å²) in [6.45, 7) is 3.26. The Hall–Kier alpha value is -1.28. The predicted molar refractivity (Wildman–Crippen MR) is 55.7 cm³/mol. The van der Waals surface area contributed by atoms with Gasteiger partial charge < -0.3 is 10.5 Å². The third-order valence-corrected chi connectivity index (χ3v) is 1.64. The lowest BCUT2D eigenvalue weighted by Crippen LogP contribution is -1.92. The number of hydrogen-bond donors (Lipinski definition) is 1. The normalized spacial score (nSPS) is 10.6. The van der Waals surface area contributed by atoms with Crippen molar-refractivity contribution in [1.82, 2.24) is 0 Å². The molecule has 0 aromatic heterocycles. The van der Waals surface area contributed by atoms with E-state index in [0.29, 0.717) is 13.2 Å². The molecule has 0 aliphatic carbocycles. The Balaban J connectivity index is 2.64. The van der Waals surface area contributed by atoms with E-state index in [2.05, 4.69) is 0 Å². The molecule has 0 bridgehead atoms. The van der Waals surface area contributed by atoms with Crippen molar-refractivity contribution in [1.29, 1.82) is 0 Å². The zero-order chi connectivity index (χ0) is 9.52. The topological polar surface area (TPSA) is 35.2 Å². The molecule has 70 valence electrons. The second-order valence-corrected chi connectivity index (χ2v) is 2.64. The standard InChI is InChI=1S/C11H15NO/c1-2-13-11-7-5-10(6-8-11)4-3-9-12/h3-8H,2,9,12H2,1H3/b4-3-. The van der Waals surface area contributed by atoms with Crippen molar-refractivity contribution < 1.29 is 4.74 Å². The predicted octanol–water partition coefficient (Wildman–Crippen LogP) is 2.06. The number of benzene rings is 1. The van der Waals surface area contributed by atoms with Crippen LogP contribution in [0.2, 0.25) is 0 Å². The quantitative estimate of drug-likeness (QED) is 0.764. The Morgan fingerprint density at radius 2 is 2.00 bits per heavy atom. The smallest absolute Gasteiger partial charge is 0.119 e. The highest BCUT2D eigenvalue weighted by Crippen LogP contribution is 2.12. The monoisotopic (exact) mass is 177 g/mol. The molecular formula is C11H15NO. The molecule has 1 aromatic carbocycles. The van der Waals surface area contributed by atoms with Crippen molar-refractivity contribution in [3.8, 4) is 5.75 Å². The van der Waals surface area contributed by atoms with Gasteiger partial charge in [0.25, 0.3) is 0 Å². The van der Waals surface area contributed by atoms with Crippen LogP contribution in [0.5, 0.6) is 5.75 Å². The fourth-order valence-electron chi connectivity index (χ4n) is 1.05. The summed E-state index contributed by atoms with van der Waals surface area (Å²) in [5.74, 6) is 0.910. The van der Waals surface area contributed by atoms with Crippen molar-refractivity contribution in [2.45, 2.75) is 6.92 Å². The third-order valence-electron chi connectivity index (χ3n) is 1.64. The van der Waals surface area contributed by atoms with Crippen LogP contribution >= 0.6 is 0 Å². The van der Waals surface area contributed by atoms with Crippen molar-refractivity contribution in [3.63, 3.8) is 0 Å². The van der Waals surface area contributed by atoms with Gasteiger partial charge in [0.05, 0.1) is 6.61 Å². The minimum absolute atomic E-state index is 0.577. The lowest BCUT2D eigenvalue weighted by molar-refractivity contribution is 0.340. The van der Waals surface area contributed by atoms with Gasteiger partial charge >= 0.3 is 0 Å². The van der Waals surface area contributed by atoms with E-state index in [1.807, 2.05) is 43.3 Å². The first-order chi connectivity index (χ1) is 6.36. The Morgan fingerprint density at radius 3 is 2.54 bits per heavy atom. The average molecular weight is 177 g/mol. The van der Waals surface area contributed by atoms with E-state index in [-0.39, 0.29) is 0 Å². The molecule has 13 heavy (non-hydrogen) atoms. The van der Waals surface area contributed by atoms with Gasteiger partial charge in [-0.2, -0.15) is 0 Å². The van der Waals surface area contributed by atoms with Gasteiger partial charge in [0.2, 0.25) is 0 Å². The van der Waals surface area contributed by atoms with Gasteiger partial charge in [0, 0.05) is 6.54 Å². The molecule has 0 unspecified atom stereocenters. The molecule has 0 fully saturated rings. The van der Waals surface area contributed by atoms with Crippen LogP contribution in [-0.4, -0.2) is 13.2 Å². The van der Waals surface area contributed by atoms with E-state index >= 15 is 0 Å². The Labute approximate surface area is 79.0 Å². The van der Waals surface area contributed by atoms with Gasteiger partial charge in [-0.25, -0.2) is 0 Å². The summed E-state index contributed by atoms with van der Waals surface area (Å²) in [5, 5.41) is 0. The largest absolute Gasteiger partial charge is 0.494 e.